The topological polar surface area (TPSA) is 93.4 Å². The first kappa shape index (κ1) is 27.9. The third-order valence-electron chi connectivity index (χ3n) is 8.56. The van der Waals surface area contributed by atoms with Gasteiger partial charge in [-0.1, -0.05) is 24.3 Å². The van der Waals surface area contributed by atoms with Crippen LogP contribution in [-0.4, -0.2) is 97.5 Å². The number of epoxide rings is 2. The van der Waals surface area contributed by atoms with E-state index in [1.165, 1.54) is 5.57 Å². The van der Waals surface area contributed by atoms with Gasteiger partial charge in [-0.2, -0.15) is 0 Å². The lowest BCUT2D eigenvalue weighted by Gasteiger charge is -2.45. The molecule has 9 heteroatoms. The van der Waals surface area contributed by atoms with Gasteiger partial charge in [0.05, 0.1) is 18.6 Å². The molecule has 4 fully saturated rings. The zero-order valence-corrected chi connectivity index (χ0v) is 23.1. The Kier molecular flexibility index (Phi) is 8.55. The molecule has 1 spiro atoms. The van der Waals surface area contributed by atoms with Gasteiger partial charge in [0.1, 0.15) is 30.0 Å². The maximum atomic E-state index is 13.2. The number of hydrogen-bond donors (Lipinski definition) is 0. The number of nitrogens with zero attached hydrogens (tertiary/aromatic N) is 2. The van der Waals surface area contributed by atoms with E-state index in [-0.39, 0.29) is 60.3 Å². The summed E-state index contributed by atoms with van der Waals surface area (Å²) in [4.78, 5) is 28.8. The van der Waals surface area contributed by atoms with Gasteiger partial charge in [-0.15, -0.1) is 0 Å². The molecule has 4 rings (SSSR count). The molecule has 0 aromatic heterocycles. The minimum atomic E-state index is -0.364. The van der Waals surface area contributed by atoms with Crippen molar-refractivity contribution in [2.24, 2.45) is 5.92 Å². The van der Waals surface area contributed by atoms with E-state index in [2.05, 4.69) is 33.4 Å². The average molecular weight is 521 g/mol. The van der Waals surface area contributed by atoms with Crippen molar-refractivity contribution in [2.75, 3.05) is 40.0 Å². The van der Waals surface area contributed by atoms with Crippen molar-refractivity contribution >= 4 is 12.2 Å². The zero-order chi connectivity index (χ0) is 26.8. The Morgan fingerprint density at radius 1 is 1.27 bits per heavy atom. The molecule has 208 valence electrons. The van der Waals surface area contributed by atoms with Crippen molar-refractivity contribution in [1.82, 2.24) is 9.80 Å². The van der Waals surface area contributed by atoms with Crippen molar-refractivity contribution in [2.45, 2.75) is 95.4 Å². The summed E-state index contributed by atoms with van der Waals surface area (Å²) in [6.07, 6.45) is 6.51. The van der Waals surface area contributed by atoms with E-state index in [0.29, 0.717) is 39.1 Å². The van der Waals surface area contributed by atoms with E-state index in [1.54, 1.807) is 23.0 Å². The Hall–Kier alpha value is -2.10. The minimum absolute atomic E-state index is 0.000935. The van der Waals surface area contributed by atoms with Gasteiger partial charge in [-0.05, 0) is 59.8 Å². The first-order valence-electron chi connectivity index (χ1n) is 13.7. The first-order valence-corrected chi connectivity index (χ1v) is 13.7. The monoisotopic (exact) mass is 520 g/mol. The second-order valence-corrected chi connectivity index (χ2v) is 11.2. The molecule has 1 saturated carbocycles. The van der Waals surface area contributed by atoms with E-state index in [1.807, 2.05) is 6.92 Å². The van der Waals surface area contributed by atoms with Crippen LogP contribution in [0.5, 0.6) is 0 Å². The van der Waals surface area contributed by atoms with Crippen LogP contribution in [-0.2, 0) is 23.7 Å². The van der Waals surface area contributed by atoms with Crippen LogP contribution < -0.4 is 0 Å². The number of likely N-dealkylation sites (tertiary alicyclic amines) is 1. The number of hydrogen-bond acceptors (Lipinski definition) is 7. The van der Waals surface area contributed by atoms with Crippen LogP contribution in [0.3, 0.4) is 0 Å². The summed E-state index contributed by atoms with van der Waals surface area (Å²) >= 11 is 0. The fourth-order valence-electron chi connectivity index (χ4n) is 6.15. The lowest BCUT2D eigenvalue weighted by Crippen LogP contribution is -2.58. The molecule has 3 aliphatic heterocycles. The predicted molar refractivity (Wildman–Crippen MR) is 138 cm³/mol. The summed E-state index contributed by atoms with van der Waals surface area (Å²) in [5, 5.41) is 0. The van der Waals surface area contributed by atoms with Gasteiger partial charge in [-0.25, -0.2) is 9.59 Å². The second-order valence-electron chi connectivity index (χ2n) is 11.2. The average Bonchev–Trinajstić information content (AvgIpc) is 3.76. The Morgan fingerprint density at radius 3 is 2.59 bits per heavy atom. The summed E-state index contributed by atoms with van der Waals surface area (Å²) in [6, 6.07) is 0.0463. The largest absolute Gasteiger partial charge is 0.445 e. The maximum Gasteiger partial charge on any atom is 0.410 e. The highest BCUT2D eigenvalue weighted by Gasteiger charge is 2.72. The Morgan fingerprint density at radius 2 is 2.03 bits per heavy atom. The molecule has 0 bridgehead atoms. The molecule has 3 saturated heterocycles. The van der Waals surface area contributed by atoms with E-state index >= 15 is 0 Å². The molecular weight excluding hydrogens is 476 g/mol. The number of carbonyl (C=O) groups excluding carboxylic acids is 2. The summed E-state index contributed by atoms with van der Waals surface area (Å²) in [7, 11) is 1.69. The molecule has 1 aliphatic carbocycles. The Balaban J connectivity index is 1.34. The van der Waals surface area contributed by atoms with Crippen LogP contribution in [0, 0.1) is 5.92 Å². The SMILES string of the molecule is C=CCOC(=O)N(CC)CC[C@@H]1CCN1C(=O)O[C@@H]1CC[C@]2(CO2)[C@@H]([C@@]2(C)O[C@@H]2CC=C(C)C)[C@@H]1OC. The van der Waals surface area contributed by atoms with Crippen molar-refractivity contribution < 1.29 is 33.3 Å². The smallest absolute Gasteiger partial charge is 0.410 e. The van der Waals surface area contributed by atoms with Crippen LogP contribution >= 0.6 is 0 Å². The van der Waals surface area contributed by atoms with E-state index < -0.39 is 0 Å². The maximum absolute atomic E-state index is 13.2. The van der Waals surface area contributed by atoms with Crippen molar-refractivity contribution in [3.63, 3.8) is 0 Å². The molecule has 0 aromatic rings. The molecule has 9 nitrogen and oxygen atoms in total. The van der Waals surface area contributed by atoms with E-state index in [9.17, 15) is 9.59 Å². The summed E-state index contributed by atoms with van der Waals surface area (Å²) in [6.45, 7) is 14.4. The highest BCUT2D eigenvalue weighted by molar-refractivity contribution is 5.69. The molecular formula is C28H44N2O7. The number of carbonyl (C=O) groups is 2. The molecule has 0 radical (unpaired) electrons. The molecule has 3 heterocycles. The van der Waals surface area contributed by atoms with Crippen LogP contribution in [0.4, 0.5) is 9.59 Å². The van der Waals surface area contributed by atoms with Gasteiger partial charge >= 0.3 is 12.2 Å². The third kappa shape index (κ3) is 5.83. The molecule has 2 amide bonds. The number of amides is 2. The summed E-state index contributed by atoms with van der Waals surface area (Å²) in [5.74, 6) is -0.000935. The molecule has 4 aliphatic rings. The van der Waals surface area contributed by atoms with Gasteiger partial charge in [0, 0.05) is 32.8 Å². The van der Waals surface area contributed by atoms with Crippen LogP contribution in [0.1, 0.15) is 59.8 Å². The van der Waals surface area contributed by atoms with Crippen LogP contribution in [0.2, 0.25) is 0 Å². The molecule has 37 heavy (non-hydrogen) atoms. The van der Waals surface area contributed by atoms with Gasteiger partial charge in [-0.3, -0.25) is 0 Å². The number of ether oxygens (including phenoxy) is 5. The fraction of sp³-hybridized carbons (Fsp3) is 0.786. The molecule has 7 atom stereocenters. The lowest BCUT2D eigenvalue weighted by atomic mass is 9.68. The van der Waals surface area contributed by atoms with E-state index in [0.717, 1.165) is 19.3 Å². The standard InChI is InChI=1S/C28H44N2O7/c1-7-17-34-25(31)29(8-2)15-12-20-13-16-30(20)26(32)36-21-11-14-28(18-35-28)24(23(21)33-6)27(5)22(37-27)10-9-19(3)4/h7,9,20-24H,1,8,10-18H2,2-6H3/t20-,21-,22-,23-,24-,27+,28+/m1/s1. The van der Waals surface area contributed by atoms with Crippen LogP contribution in [0.25, 0.3) is 0 Å². The summed E-state index contributed by atoms with van der Waals surface area (Å²) in [5.41, 5.74) is 0.659. The highest BCUT2D eigenvalue weighted by Crippen LogP contribution is 2.59. The fourth-order valence-corrected chi connectivity index (χ4v) is 6.15. The van der Waals surface area contributed by atoms with Crippen molar-refractivity contribution in [3.8, 4) is 0 Å². The highest BCUT2D eigenvalue weighted by atomic mass is 16.6. The Labute approximate surface area is 221 Å². The van der Waals surface area contributed by atoms with Crippen molar-refractivity contribution in [1.29, 1.82) is 0 Å². The zero-order valence-electron chi connectivity index (χ0n) is 23.1. The van der Waals surface area contributed by atoms with Gasteiger partial charge in [0.15, 0.2) is 0 Å². The summed E-state index contributed by atoms with van der Waals surface area (Å²) < 4.78 is 29.5. The number of rotatable bonds is 11. The lowest BCUT2D eigenvalue weighted by molar-refractivity contribution is -0.125. The van der Waals surface area contributed by atoms with E-state index in [4.69, 9.17) is 23.7 Å². The van der Waals surface area contributed by atoms with Crippen LogP contribution in [0.15, 0.2) is 24.3 Å². The number of methoxy groups -OCH3 is 1. The van der Waals surface area contributed by atoms with Gasteiger partial charge < -0.3 is 33.5 Å². The first-order chi connectivity index (χ1) is 17.7. The normalized spacial score (nSPS) is 35.8. The second kappa shape index (κ2) is 11.3. The molecule has 0 N–H and O–H groups in total. The predicted octanol–water partition coefficient (Wildman–Crippen LogP) is 4.31. The minimum Gasteiger partial charge on any atom is -0.445 e. The van der Waals surface area contributed by atoms with Crippen molar-refractivity contribution in [3.05, 3.63) is 24.3 Å². The third-order valence-corrected chi connectivity index (χ3v) is 8.56. The molecule has 0 unspecified atom stereocenters. The number of allylic oxidation sites excluding steroid dienone is 1. The molecule has 0 aromatic carbocycles. The quantitative estimate of drug-likeness (QED) is 0.296. The Bertz CT molecular complexity index is 884. The van der Waals surface area contributed by atoms with Gasteiger partial charge in [0.2, 0.25) is 0 Å². The van der Waals surface area contributed by atoms with Gasteiger partial charge in [0.25, 0.3) is 0 Å².